The summed E-state index contributed by atoms with van der Waals surface area (Å²) in [7, 11) is -4.06. The molecule has 12 heavy (non-hydrogen) atoms. The Bertz CT molecular complexity index is 181. The zero-order valence-corrected chi connectivity index (χ0v) is 9.84. The molecule has 0 spiro atoms. The van der Waals surface area contributed by atoms with Gasteiger partial charge >= 0.3 is 58.6 Å². The van der Waals surface area contributed by atoms with Crippen LogP contribution in [0.3, 0.4) is 0 Å². The van der Waals surface area contributed by atoms with Crippen molar-refractivity contribution in [2.24, 2.45) is 7.05 Å². The molecule has 0 N–H and O–H groups in total. The van der Waals surface area contributed by atoms with E-state index in [2.05, 4.69) is 4.98 Å². The molecule has 2 nitrogen and oxygen atoms in total. The molecule has 0 saturated heterocycles. The Morgan fingerprint density at radius 3 is 1.75 bits per heavy atom. The van der Waals surface area contributed by atoms with Gasteiger partial charge in [0.25, 0.3) is 0 Å². The molecule has 0 radical (unpaired) electrons. The predicted molar refractivity (Wildman–Crippen MR) is 33.4 cm³/mol. The molecular formula is C4H6BF4KN2. The number of nitrogens with zero attached hydrogens (tertiary/aromatic N) is 2. The van der Waals surface area contributed by atoms with Gasteiger partial charge in [-0.1, -0.05) is 0 Å². The van der Waals surface area contributed by atoms with Crippen molar-refractivity contribution in [1.82, 2.24) is 9.55 Å². The Hall–Kier alpha value is 0.631. The average Bonchev–Trinajstić information content (AvgIpc) is 2.12. The molecule has 0 aliphatic heterocycles. The smallest absolute Gasteiger partial charge is 0.418 e. The van der Waals surface area contributed by atoms with Crippen molar-refractivity contribution >= 4 is 7.25 Å². The molecule has 64 valence electrons. The van der Waals surface area contributed by atoms with Crippen molar-refractivity contribution in [3.63, 3.8) is 0 Å². The second kappa shape index (κ2) is 7.07. The monoisotopic (exact) mass is 208 g/mol. The molecule has 1 aromatic heterocycles. The van der Waals surface area contributed by atoms with Gasteiger partial charge in [-0.05, 0) is 0 Å². The third-order valence-electron chi connectivity index (χ3n) is 0.637. The Balaban J connectivity index is 0. The number of aryl methyl sites for hydroxylation is 1. The van der Waals surface area contributed by atoms with Gasteiger partial charge in [-0.3, -0.25) is 0 Å². The van der Waals surface area contributed by atoms with Crippen LogP contribution < -0.4 is 51.4 Å². The molecule has 0 unspecified atom stereocenters. The molecule has 1 aromatic rings. The van der Waals surface area contributed by atoms with Crippen LogP contribution in [0.5, 0.6) is 0 Å². The summed E-state index contributed by atoms with van der Waals surface area (Å²) < 4.78 is 40.9. The van der Waals surface area contributed by atoms with Gasteiger partial charge in [0, 0.05) is 19.4 Å². The number of imidazole rings is 1. The first kappa shape index (κ1) is 15.1. The predicted octanol–water partition coefficient (Wildman–Crippen LogP) is -1.28. The first-order valence-electron chi connectivity index (χ1n) is 2.69. The molecule has 8 heteroatoms. The van der Waals surface area contributed by atoms with Crippen LogP contribution in [0, 0.1) is 0 Å². The molecule has 1 heterocycles. The summed E-state index contributed by atoms with van der Waals surface area (Å²) >= 11 is 0. The minimum atomic E-state index is -6.00. The molecular weight excluding hydrogens is 202 g/mol. The fraction of sp³-hybridized carbons (Fsp3) is 0.250. The van der Waals surface area contributed by atoms with Gasteiger partial charge in [0.05, 0.1) is 6.33 Å². The van der Waals surface area contributed by atoms with Gasteiger partial charge in [-0.15, -0.1) is 0 Å². The van der Waals surface area contributed by atoms with E-state index in [0.29, 0.717) is 0 Å². The molecule has 0 bridgehead atoms. The topological polar surface area (TPSA) is 17.8 Å². The SMILES string of the molecule is Cn1ccnc1.F[B-](F)(F)F.[K+]. The number of hydrogen-bond donors (Lipinski definition) is 0. The normalized spacial score (nSPS) is 9.42. The quantitative estimate of drug-likeness (QED) is 0.383. The molecule has 0 fully saturated rings. The summed E-state index contributed by atoms with van der Waals surface area (Å²) in [5, 5.41) is 0. The van der Waals surface area contributed by atoms with Gasteiger partial charge in [0.15, 0.2) is 0 Å². The summed E-state index contributed by atoms with van der Waals surface area (Å²) in [5.41, 5.74) is 0. The summed E-state index contributed by atoms with van der Waals surface area (Å²) in [6.45, 7) is 0. The molecule has 1 rings (SSSR count). The van der Waals surface area contributed by atoms with Crippen LogP contribution in [0.15, 0.2) is 18.7 Å². The van der Waals surface area contributed by atoms with Gasteiger partial charge in [-0.25, -0.2) is 4.98 Å². The van der Waals surface area contributed by atoms with Crippen LogP contribution in [0.4, 0.5) is 17.3 Å². The van der Waals surface area contributed by atoms with Crippen LogP contribution in [0.25, 0.3) is 0 Å². The largest absolute Gasteiger partial charge is 1.00 e. The van der Waals surface area contributed by atoms with E-state index in [4.69, 9.17) is 0 Å². The first-order chi connectivity index (χ1) is 4.89. The molecule has 0 aliphatic rings. The van der Waals surface area contributed by atoms with Crippen LogP contribution in [-0.4, -0.2) is 16.8 Å². The van der Waals surface area contributed by atoms with Crippen molar-refractivity contribution in [2.45, 2.75) is 0 Å². The van der Waals surface area contributed by atoms with E-state index in [1.54, 1.807) is 12.5 Å². The first-order valence-corrected chi connectivity index (χ1v) is 2.69. The minimum Gasteiger partial charge on any atom is -0.418 e. The standard InChI is InChI=1S/C4H6N2.BF4.K/c1-6-3-2-5-4-6;2-1(3,4)5;/h2-4H,1H3;;/q;-1;+1. The van der Waals surface area contributed by atoms with E-state index in [0.717, 1.165) is 0 Å². The fourth-order valence-corrected chi connectivity index (χ4v) is 0.326. The van der Waals surface area contributed by atoms with Crippen molar-refractivity contribution < 1.29 is 68.6 Å². The van der Waals surface area contributed by atoms with Crippen LogP contribution in [-0.2, 0) is 7.05 Å². The van der Waals surface area contributed by atoms with E-state index in [-0.39, 0.29) is 51.4 Å². The summed E-state index contributed by atoms with van der Waals surface area (Å²) in [4.78, 5) is 3.78. The third kappa shape index (κ3) is 16.9. The van der Waals surface area contributed by atoms with Crippen molar-refractivity contribution in [2.75, 3.05) is 0 Å². The molecule has 0 amide bonds. The Labute approximate surface area is 110 Å². The minimum absolute atomic E-state index is 0. The van der Waals surface area contributed by atoms with E-state index < -0.39 is 7.25 Å². The van der Waals surface area contributed by atoms with Gasteiger partial charge in [0.1, 0.15) is 0 Å². The fourth-order valence-electron chi connectivity index (χ4n) is 0.326. The average molecular weight is 208 g/mol. The number of halogens is 4. The van der Waals surface area contributed by atoms with Crippen LogP contribution in [0.1, 0.15) is 0 Å². The molecule has 0 aromatic carbocycles. The zero-order valence-electron chi connectivity index (χ0n) is 6.72. The zero-order chi connectivity index (χ0) is 8.91. The maximum atomic E-state index is 9.75. The third-order valence-corrected chi connectivity index (χ3v) is 0.637. The molecule has 0 aliphatic carbocycles. The Morgan fingerprint density at radius 2 is 1.67 bits per heavy atom. The molecule has 0 saturated carbocycles. The number of rotatable bonds is 0. The van der Waals surface area contributed by atoms with Crippen molar-refractivity contribution in [3.05, 3.63) is 18.7 Å². The van der Waals surface area contributed by atoms with Gasteiger partial charge in [-0.2, -0.15) is 0 Å². The second-order valence-electron chi connectivity index (χ2n) is 1.72. The van der Waals surface area contributed by atoms with E-state index in [1.165, 1.54) is 0 Å². The van der Waals surface area contributed by atoms with Gasteiger partial charge < -0.3 is 21.8 Å². The van der Waals surface area contributed by atoms with Crippen molar-refractivity contribution in [3.8, 4) is 0 Å². The van der Waals surface area contributed by atoms with E-state index in [1.807, 2.05) is 17.8 Å². The number of hydrogen-bond acceptors (Lipinski definition) is 1. The summed E-state index contributed by atoms with van der Waals surface area (Å²) in [6, 6.07) is 0. The van der Waals surface area contributed by atoms with E-state index in [9.17, 15) is 17.3 Å². The number of aromatic nitrogens is 2. The van der Waals surface area contributed by atoms with Crippen molar-refractivity contribution in [1.29, 1.82) is 0 Å². The summed E-state index contributed by atoms with van der Waals surface area (Å²) in [6.07, 6.45) is 5.39. The van der Waals surface area contributed by atoms with Crippen LogP contribution >= 0.6 is 0 Å². The van der Waals surface area contributed by atoms with Crippen LogP contribution in [0.2, 0.25) is 0 Å². The Kier molecular flexibility index (Phi) is 8.91. The maximum Gasteiger partial charge on any atom is 1.00 e. The van der Waals surface area contributed by atoms with E-state index >= 15 is 0 Å². The summed E-state index contributed by atoms with van der Waals surface area (Å²) in [5.74, 6) is 0. The van der Waals surface area contributed by atoms with Gasteiger partial charge in [0.2, 0.25) is 0 Å². The molecule has 0 atom stereocenters. The second-order valence-corrected chi connectivity index (χ2v) is 1.72. The Morgan fingerprint density at radius 1 is 1.25 bits per heavy atom. The maximum absolute atomic E-state index is 9.75.